The van der Waals surface area contributed by atoms with Gasteiger partial charge in [-0.2, -0.15) is 0 Å². The Balaban J connectivity index is 2.08. The van der Waals surface area contributed by atoms with Gasteiger partial charge in [0.15, 0.2) is 0 Å². The van der Waals surface area contributed by atoms with Gasteiger partial charge in [0.05, 0.1) is 11.6 Å². The van der Waals surface area contributed by atoms with Crippen molar-refractivity contribution in [2.45, 2.75) is 24.9 Å². The molecule has 4 rings (SSSR count). The highest BCUT2D eigenvalue weighted by molar-refractivity contribution is 14.1. The molecule has 2 atom stereocenters. The van der Waals surface area contributed by atoms with Crippen LogP contribution in [0.25, 0.3) is 0 Å². The van der Waals surface area contributed by atoms with Gasteiger partial charge in [0.1, 0.15) is 0 Å². The Kier molecular flexibility index (Phi) is 2.19. The molecule has 2 aliphatic rings. The minimum atomic E-state index is 0.0384. The molecule has 2 heteroatoms. The lowest BCUT2D eigenvalue weighted by molar-refractivity contribution is 0.257. The molecule has 0 spiro atoms. The third kappa shape index (κ3) is 1.16. The fraction of sp³-hybridized carbons (Fsp3) is 0.250. The first-order valence-electron chi connectivity index (χ1n) is 6.36. The quantitative estimate of drug-likeness (QED) is 0.510. The highest BCUT2D eigenvalue weighted by Crippen LogP contribution is 2.56. The zero-order chi connectivity index (χ0) is 12.3. The van der Waals surface area contributed by atoms with Crippen LogP contribution in [-0.2, 0) is 12.0 Å². The average molecular weight is 347 g/mol. The van der Waals surface area contributed by atoms with E-state index in [9.17, 15) is 0 Å². The zero-order valence-corrected chi connectivity index (χ0v) is 12.4. The van der Waals surface area contributed by atoms with Gasteiger partial charge in [-0.15, -0.1) is 0 Å². The van der Waals surface area contributed by atoms with E-state index in [0.717, 1.165) is 6.42 Å². The average Bonchev–Trinajstić information content (AvgIpc) is 2.56. The summed E-state index contributed by atoms with van der Waals surface area (Å²) in [6, 6.07) is 18.4. The molecule has 2 aliphatic heterocycles. The number of hydrogen-bond acceptors (Lipinski definition) is 1. The predicted molar refractivity (Wildman–Crippen MR) is 81.6 cm³/mol. The fourth-order valence-corrected chi connectivity index (χ4v) is 4.63. The molecule has 1 nitrogen and oxygen atoms in total. The van der Waals surface area contributed by atoms with Gasteiger partial charge in [0.25, 0.3) is 0 Å². The Hall–Kier alpha value is -0.870. The first kappa shape index (κ1) is 11.0. The summed E-state index contributed by atoms with van der Waals surface area (Å²) in [5, 5.41) is 0. The molecular weight excluding hydrogens is 333 g/mol. The summed E-state index contributed by atoms with van der Waals surface area (Å²) in [7, 11) is 0. The van der Waals surface area contributed by atoms with E-state index in [1.165, 1.54) is 22.3 Å². The molecule has 0 unspecified atom stereocenters. The van der Waals surface area contributed by atoms with Crippen LogP contribution in [0.2, 0.25) is 0 Å². The topological polar surface area (TPSA) is 3.24 Å². The fourth-order valence-electron chi connectivity index (χ4n) is 3.61. The van der Waals surface area contributed by atoms with Gasteiger partial charge in [-0.3, -0.25) is 0 Å². The summed E-state index contributed by atoms with van der Waals surface area (Å²) in [5.74, 6) is 0. The largest absolute Gasteiger partial charge is 0.225 e. The molecule has 2 aromatic rings. The maximum atomic E-state index is 2.51. The second-order valence-electron chi connectivity index (χ2n) is 5.35. The number of halogens is 1. The summed E-state index contributed by atoms with van der Waals surface area (Å²) in [5.41, 5.74) is 6.01. The molecule has 0 saturated heterocycles. The number of fused-ring (bicyclic) bond motifs is 7. The van der Waals surface area contributed by atoms with Gasteiger partial charge in [-0.05, 0) is 35.6 Å². The smallest absolute Gasteiger partial charge is 0.0789 e. The van der Waals surface area contributed by atoms with E-state index in [1.807, 2.05) is 0 Å². The Morgan fingerprint density at radius 3 is 2.56 bits per heavy atom. The Bertz CT molecular complexity index is 623. The van der Waals surface area contributed by atoms with Crippen LogP contribution in [0.4, 0.5) is 0 Å². The molecule has 18 heavy (non-hydrogen) atoms. The monoisotopic (exact) mass is 347 g/mol. The Morgan fingerprint density at radius 2 is 1.72 bits per heavy atom. The van der Waals surface area contributed by atoms with E-state index in [4.69, 9.17) is 0 Å². The lowest BCUT2D eigenvalue weighted by Gasteiger charge is -2.40. The summed E-state index contributed by atoms with van der Waals surface area (Å²) in [6.45, 7) is 2.36. The third-order valence-electron chi connectivity index (χ3n) is 4.50. The zero-order valence-electron chi connectivity index (χ0n) is 10.2. The van der Waals surface area contributed by atoms with Crippen LogP contribution in [0.15, 0.2) is 48.5 Å². The molecule has 0 N–H and O–H groups in total. The van der Waals surface area contributed by atoms with E-state index in [1.54, 1.807) is 0 Å². The van der Waals surface area contributed by atoms with Crippen LogP contribution in [0.1, 0.15) is 35.2 Å². The van der Waals surface area contributed by atoms with Gasteiger partial charge < -0.3 is 0 Å². The number of rotatable bonds is 0. The summed E-state index contributed by atoms with van der Waals surface area (Å²) < 4.78 is 2.51. The summed E-state index contributed by atoms with van der Waals surface area (Å²) in [4.78, 5) is 0. The van der Waals surface area contributed by atoms with E-state index in [-0.39, 0.29) is 5.54 Å². The summed E-state index contributed by atoms with van der Waals surface area (Å²) in [6.07, 6.45) is 1.13. The maximum Gasteiger partial charge on any atom is 0.0789 e. The van der Waals surface area contributed by atoms with Crippen LogP contribution in [0, 0.1) is 0 Å². The highest BCUT2D eigenvalue weighted by Gasteiger charge is 2.51. The molecule has 2 bridgehead atoms. The maximum absolute atomic E-state index is 2.51. The summed E-state index contributed by atoms with van der Waals surface area (Å²) >= 11 is 2.51. The van der Waals surface area contributed by atoms with Crippen molar-refractivity contribution in [3.63, 3.8) is 0 Å². The van der Waals surface area contributed by atoms with E-state index >= 15 is 0 Å². The van der Waals surface area contributed by atoms with Gasteiger partial charge in [-0.25, -0.2) is 3.11 Å². The van der Waals surface area contributed by atoms with Crippen molar-refractivity contribution < 1.29 is 0 Å². The van der Waals surface area contributed by atoms with Crippen LogP contribution in [0.5, 0.6) is 0 Å². The molecule has 0 saturated carbocycles. The van der Waals surface area contributed by atoms with Crippen molar-refractivity contribution >= 4 is 22.9 Å². The van der Waals surface area contributed by atoms with E-state index in [2.05, 4.69) is 81.4 Å². The highest BCUT2D eigenvalue weighted by atomic mass is 127. The van der Waals surface area contributed by atoms with E-state index in [0.29, 0.717) is 6.04 Å². The predicted octanol–water partition coefficient (Wildman–Crippen LogP) is 4.21. The van der Waals surface area contributed by atoms with Crippen LogP contribution >= 0.6 is 22.9 Å². The molecule has 90 valence electrons. The van der Waals surface area contributed by atoms with Gasteiger partial charge in [0, 0.05) is 22.9 Å². The standard InChI is InChI=1S/C16H14IN/c1-16-13-8-4-2-6-11(13)10-15(18(16)17)12-7-3-5-9-14(12)16/h2-9,15H,10H2,1H3/t15-,16+/m0/s1. The minimum Gasteiger partial charge on any atom is -0.225 e. The normalized spacial score (nSPS) is 28.9. The second-order valence-corrected chi connectivity index (χ2v) is 6.39. The van der Waals surface area contributed by atoms with Gasteiger partial charge in [0.2, 0.25) is 0 Å². The first-order chi connectivity index (χ1) is 8.73. The molecule has 0 radical (unpaired) electrons. The van der Waals surface area contributed by atoms with Crippen LogP contribution < -0.4 is 0 Å². The van der Waals surface area contributed by atoms with Crippen molar-refractivity contribution in [1.82, 2.24) is 3.11 Å². The van der Waals surface area contributed by atoms with Crippen molar-refractivity contribution in [1.29, 1.82) is 0 Å². The second kappa shape index (κ2) is 3.58. The minimum absolute atomic E-state index is 0.0384. The molecular formula is C16H14IN. The molecule has 0 aromatic heterocycles. The third-order valence-corrected chi connectivity index (χ3v) is 6.14. The van der Waals surface area contributed by atoms with Gasteiger partial charge in [-0.1, -0.05) is 48.5 Å². The Morgan fingerprint density at radius 1 is 1.06 bits per heavy atom. The van der Waals surface area contributed by atoms with Crippen molar-refractivity contribution in [3.05, 3.63) is 70.8 Å². The molecule has 0 fully saturated rings. The van der Waals surface area contributed by atoms with Gasteiger partial charge >= 0.3 is 0 Å². The van der Waals surface area contributed by atoms with Crippen molar-refractivity contribution in [2.24, 2.45) is 0 Å². The molecule has 0 aliphatic carbocycles. The number of nitrogens with zero attached hydrogens (tertiary/aromatic N) is 1. The molecule has 2 aromatic carbocycles. The number of benzene rings is 2. The number of hydrogen-bond donors (Lipinski definition) is 0. The lowest BCUT2D eigenvalue weighted by atomic mass is 9.82. The lowest BCUT2D eigenvalue weighted by Crippen LogP contribution is -2.39. The SMILES string of the molecule is C[C@@]12c3ccccc3C[C@@H](c3ccccc31)N2I. The van der Waals surface area contributed by atoms with Crippen LogP contribution in [-0.4, -0.2) is 3.11 Å². The van der Waals surface area contributed by atoms with E-state index < -0.39 is 0 Å². The molecule has 2 heterocycles. The van der Waals surface area contributed by atoms with Crippen LogP contribution in [0.3, 0.4) is 0 Å². The first-order valence-corrected chi connectivity index (χ1v) is 7.32. The Labute approximate surface area is 121 Å². The molecule has 0 amide bonds. The van der Waals surface area contributed by atoms with Crippen molar-refractivity contribution in [3.8, 4) is 0 Å². The van der Waals surface area contributed by atoms with Crippen molar-refractivity contribution in [2.75, 3.05) is 0 Å².